The molecular weight excluding hydrogens is 270 g/mol. The van der Waals surface area contributed by atoms with Crippen LogP contribution in [0.25, 0.3) is 0 Å². The molecule has 4 N–H and O–H groups in total. The van der Waals surface area contributed by atoms with Gasteiger partial charge in [-0.25, -0.2) is 0 Å². The summed E-state index contributed by atoms with van der Waals surface area (Å²) in [5, 5.41) is 11.6. The van der Waals surface area contributed by atoms with Crippen LogP contribution in [0.3, 0.4) is 0 Å². The van der Waals surface area contributed by atoms with E-state index in [2.05, 4.69) is 10.3 Å². The molecule has 21 heavy (non-hydrogen) atoms. The lowest BCUT2D eigenvalue weighted by molar-refractivity contribution is 0.0918. The van der Waals surface area contributed by atoms with E-state index in [4.69, 9.17) is 20.3 Å². The van der Waals surface area contributed by atoms with Crippen molar-refractivity contribution in [3.8, 4) is 5.75 Å². The lowest BCUT2D eigenvalue weighted by atomic mass is 10.3. The minimum Gasteiger partial charge on any atom is -0.491 e. The summed E-state index contributed by atoms with van der Waals surface area (Å²) in [5.41, 5.74) is 6.66. The molecule has 0 fully saturated rings. The third-order valence-corrected chi connectivity index (χ3v) is 2.46. The van der Waals surface area contributed by atoms with Crippen molar-refractivity contribution >= 4 is 11.6 Å². The molecule has 0 unspecified atom stereocenters. The van der Waals surface area contributed by atoms with E-state index in [0.29, 0.717) is 25.7 Å². The highest BCUT2D eigenvalue weighted by Gasteiger charge is 1.99. The first-order chi connectivity index (χ1) is 10.1. The number of nitrogens with zero attached hydrogens (tertiary/aromatic N) is 1. The van der Waals surface area contributed by atoms with Gasteiger partial charge in [-0.1, -0.05) is 0 Å². The lowest BCUT2D eigenvalue weighted by Crippen LogP contribution is -2.23. The normalized spacial score (nSPS) is 11.7. The summed E-state index contributed by atoms with van der Waals surface area (Å²) in [6.07, 6.45) is 0.923. The minimum atomic E-state index is 0.0451. The Hall–Kier alpha value is -1.79. The Labute approximate surface area is 126 Å². The molecular formula is C15H25N3O3. The van der Waals surface area contributed by atoms with Crippen LogP contribution in [-0.2, 0) is 4.74 Å². The molecule has 0 amide bonds. The zero-order chi connectivity index (χ0) is 15.5. The van der Waals surface area contributed by atoms with E-state index in [1.807, 2.05) is 38.1 Å². The van der Waals surface area contributed by atoms with Gasteiger partial charge in [-0.15, -0.1) is 0 Å². The van der Waals surface area contributed by atoms with Crippen LogP contribution in [0.2, 0.25) is 0 Å². The monoisotopic (exact) mass is 295 g/mol. The number of rotatable bonds is 9. The molecule has 1 aromatic rings. The van der Waals surface area contributed by atoms with Gasteiger partial charge in [-0.05, 0) is 44.5 Å². The van der Waals surface area contributed by atoms with Crippen molar-refractivity contribution in [2.24, 2.45) is 10.7 Å². The van der Waals surface area contributed by atoms with Gasteiger partial charge in [0, 0.05) is 18.8 Å². The number of benzene rings is 1. The van der Waals surface area contributed by atoms with Crippen LogP contribution < -0.4 is 15.8 Å². The highest BCUT2D eigenvalue weighted by atomic mass is 16.5. The largest absolute Gasteiger partial charge is 0.491 e. The van der Waals surface area contributed by atoms with Crippen molar-refractivity contribution in [2.75, 3.05) is 31.7 Å². The van der Waals surface area contributed by atoms with Crippen molar-refractivity contribution < 1.29 is 14.6 Å². The second kappa shape index (κ2) is 10.0. The first kappa shape index (κ1) is 17.3. The van der Waals surface area contributed by atoms with Crippen molar-refractivity contribution in [3.63, 3.8) is 0 Å². The van der Waals surface area contributed by atoms with E-state index < -0.39 is 0 Å². The van der Waals surface area contributed by atoms with E-state index in [1.54, 1.807) is 0 Å². The van der Waals surface area contributed by atoms with Crippen LogP contribution in [0.15, 0.2) is 29.3 Å². The van der Waals surface area contributed by atoms with Crippen LogP contribution >= 0.6 is 0 Å². The zero-order valence-corrected chi connectivity index (χ0v) is 12.7. The lowest BCUT2D eigenvalue weighted by Gasteiger charge is -2.10. The van der Waals surface area contributed by atoms with Gasteiger partial charge in [0.1, 0.15) is 5.75 Å². The Kier molecular flexibility index (Phi) is 8.23. The number of nitrogens with one attached hydrogen (secondary N) is 1. The molecule has 118 valence electrons. The van der Waals surface area contributed by atoms with E-state index >= 15 is 0 Å². The number of anilines is 1. The number of hydrogen-bond donors (Lipinski definition) is 3. The molecule has 0 atom stereocenters. The maximum atomic E-state index is 8.55. The predicted octanol–water partition coefficient (Wildman–Crippen LogP) is 1.60. The van der Waals surface area contributed by atoms with Crippen LogP contribution in [0.1, 0.15) is 20.3 Å². The Morgan fingerprint density at radius 3 is 2.62 bits per heavy atom. The molecule has 0 bridgehead atoms. The van der Waals surface area contributed by atoms with E-state index in [1.165, 1.54) is 0 Å². The summed E-state index contributed by atoms with van der Waals surface area (Å²) in [4.78, 5) is 4.20. The van der Waals surface area contributed by atoms with Crippen molar-refractivity contribution in [1.82, 2.24) is 0 Å². The Morgan fingerprint density at radius 1 is 1.29 bits per heavy atom. The number of hydrogen-bond acceptors (Lipinski definition) is 4. The molecule has 0 saturated heterocycles. The molecule has 0 saturated carbocycles. The maximum Gasteiger partial charge on any atom is 0.193 e. The molecule has 6 nitrogen and oxygen atoms in total. The summed E-state index contributed by atoms with van der Waals surface area (Å²) >= 11 is 0. The smallest absolute Gasteiger partial charge is 0.193 e. The van der Waals surface area contributed by atoms with Gasteiger partial charge in [0.05, 0.1) is 19.3 Å². The average molecular weight is 295 g/mol. The Bertz CT molecular complexity index is 419. The van der Waals surface area contributed by atoms with E-state index in [0.717, 1.165) is 17.9 Å². The summed E-state index contributed by atoms with van der Waals surface area (Å²) in [6.45, 7) is 5.53. The predicted molar refractivity (Wildman–Crippen MR) is 84.8 cm³/mol. The standard InChI is InChI=1S/C15H25N3O3/c1-12(2)21-14-6-4-13(5-7-14)18-15(16)17-8-3-10-20-11-9-19/h4-7,12,19H,3,8-11H2,1-2H3,(H3,16,17,18). The molecule has 0 aliphatic rings. The number of nitrogens with two attached hydrogens (primary N) is 1. The third kappa shape index (κ3) is 8.16. The molecule has 0 radical (unpaired) electrons. The fraction of sp³-hybridized carbons (Fsp3) is 0.533. The minimum absolute atomic E-state index is 0.0451. The number of aliphatic hydroxyl groups is 1. The zero-order valence-electron chi connectivity index (χ0n) is 12.7. The summed E-state index contributed by atoms with van der Waals surface area (Å²) < 4.78 is 10.7. The van der Waals surface area contributed by atoms with Gasteiger partial charge in [0.25, 0.3) is 0 Å². The fourth-order valence-electron chi connectivity index (χ4n) is 1.61. The highest BCUT2D eigenvalue weighted by molar-refractivity contribution is 5.92. The maximum absolute atomic E-state index is 8.55. The number of guanidine groups is 1. The third-order valence-electron chi connectivity index (χ3n) is 2.46. The Morgan fingerprint density at radius 2 is 2.00 bits per heavy atom. The summed E-state index contributed by atoms with van der Waals surface area (Å²) in [6, 6.07) is 7.56. The van der Waals surface area contributed by atoms with Gasteiger partial charge in [-0.3, -0.25) is 4.99 Å². The molecule has 1 rings (SSSR count). The topological polar surface area (TPSA) is 89.1 Å². The SMILES string of the molecule is CC(C)Oc1ccc(NC(N)=NCCCOCCO)cc1. The van der Waals surface area contributed by atoms with E-state index in [-0.39, 0.29) is 12.7 Å². The molecule has 0 spiro atoms. The van der Waals surface area contributed by atoms with Crippen molar-refractivity contribution in [2.45, 2.75) is 26.4 Å². The highest BCUT2D eigenvalue weighted by Crippen LogP contribution is 2.16. The number of aliphatic hydroxyl groups excluding tert-OH is 1. The number of aliphatic imine (C=N–C) groups is 1. The summed E-state index contributed by atoms with van der Waals surface area (Å²) in [5.74, 6) is 1.20. The quantitative estimate of drug-likeness (QED) is 0.366. The molecule has 0 aromatic heterocycles. The molecule has 1 aromatic carbocycles. The van der Waals surface area contributed by atoms with Gasteiger partial charge >= 0.3 is 0 Å². The summed E-state index contributed by atoms with van der Waals surface area (Å²) in [7, 11) is 0. The first-order valence-electron chi connectivity index (χ1n) is 7.14. The van der Waals surface area contributed by atoms with Crippen LogP contribution in [0.4, 0.5) is 5.69 Å². The van der Waals surface area contributed by atoms with Crippen molar-refractivity contribution in [1.29, 1.82) is 0 Å². The van der Waals surface area contributed by atoms with Crippen LogP contribution in [0.5, 0.6) is 5.75 Å². The van der Waals surface area contributed by atoms with Crippen LogP contribution in [-0.4, -0.2) is 43.5 Å². The first-order valence-corrected chi connectivity index (χ1v) is 7.14. The Balaban J connectivity index is 2.31. The second-order valence-corrected chi connectivity index (χ2v) is 4.77. The van der Waals surface area contributed by atoms with E-state index in [9.17, 15) is 0 Å². The van der Waals surface area contributed by atoms with Gasteiger partial charge in [-0.2, -0.15) is 0 Å². The average Bonchev–Trinajstić information content (AvgIpc) is 2.44. The van der Waals surface area contributed by atoms with Crippen molar-refractivity contribution in [3.05, 3.63) is 24.3 Å². The fourth-order valence-corrected chi connectivity index (χ4v) is 1.61. The van der Waals surface area contributed by atoms with Gasteiger partial charge in [0.15, 0.2) is 5.96 Å². The second-order valence-electron chi connectivity index (χ2n) is 4.77. The molecule has 0 heterocycles. The van der Waals surface area contributed by atoms with Gasteiger partial charge in [0.2, 0.25) is 0 Å². The number of ether oxygens (including phenoxy) is 2. The molecule has 6 heteroatoms. The molecule has 0 aliphatic heterocycles. The van der Waals surface area contributed by atoms with Gasteiger partial charge < -0.3 is 25.6 Å². The molecule has 0 aliphatic carbocycles. The van der Waals surface area contributed by atoms with Crippen LogP contribution in [0, 0.1) is 0 Å².